The number of hydrogen-bond donors (Lipinski definition) is 2. The monoisotopic (exact) mass is 446 g/mol. The Bertz CT molecular complexity index is 981. The van der Waals surface area contributed by atoms with Crippen molar-refractivity contribution in [3.63, 3.8) is 0 Å². The summed E-state index contributed by atoms with van der Waals surface area (Å²) in [4.78, 5) is 41.6. The van der Waals surface area contributed by atoms with Crippen molar-refractivity contribution in [2.45, 2.75) is 59.4 Å². The molecule has 0 unspecified atom stereocenters. The highest BCUT2D eigenvalue weighted by Gasteiger charge is 2.24. The summed E-state index contributed by atoms with van der Waals surface area (Å²) < 4.78 is 12.4. The van der Waals surface area contributed by atoms with Crippen LogP contribution in [0, 0.1) is 0 Å². The number of H-pyrrole nitrogens is 1. The fraction of sp³-hybridized carbons (Fsp3) is 0.522. The van der Waals surface area contributed by atoms with E-state index >= 15 is 0 Å². The zero-order valence-electron chi connectivity index (χ0n) is 19.2. The van der Waals surface area contributed by atoms with E-state index in [1.807, 2.05) is 20.8 Å². The van der Waals surface area contributed by atoms with E-state index in [4.69, 9.17) is 15.2 Å². The van der Waals surface area contributed by atoms with E-state index in [1.54, 1.807) is 24.3 Å². The van der Waals surface area contributed by atoms with Crippen LogP contribution in [0.25, 0.3) is 0 Å². The molecule has 9 heteroatoms. The number of nitrogens with two attached hydrogens (primary N) is 1. The number of nitrogens with zero attached hydrogens (tertiary/aromatic N) is 2. The van der Waals surface area contributed by atoms with Crippen molar-refractivity contribution in [1.82, 2.24) is 9.55 Å². The first-order valence-electron chi connectivity index (χ1n) is 11.2. The average molecular weight is 447 g/mol. The number of nitrogens with one attached hydrogen (secondary N) is 1. The molecule has 2 rings (SSSR count). The van der Waals surface area contributed by atoms with Gasteiger partial charge in [-0.05, 0) is 44.0 Å². The van der Waals surface area contributed by atoms with Crippen LogP contribution in [0.15, 0.2) is 33.9 Å². The number of aromatic nitrogens is 2. The van der Waals surface area contributed by atoms with Crippen LogP contribution in [0.1, 0.15) is 52.9 Å². The van der Waals surface area contributed by atoms with Gasteiger partial charge in [-0.1, -0.05) is 33.1 Å². The van der Waals surface area contributed by atoms with Gasteiger partial charge in [0.2, 0.25) is 0 Å². The number of aromatic amines is 1. The molecule has 0 fully saturated rings. The number of carbonyl (C=O) groups excluding carboxylic acids is 1. The van der Waals surface area contributed by atoms with Crippen LogP contribution in [-0.4, -0.2) is 35.2 Å². The SMILES string of the molecule is CCCCCN(C(=O)COc1ccc(OCC)cc1)c1c(N)n(CCCC)c(=O)[nH]c1=O. The highest BCUT2D eigenvalue weighted by atomic mass is 16.5. The third-order valence-corrected chi connectivity index (χ3v) is 5.00. The second-order valence-electron chi connectivity index (χ2n) is 7.44. The summed E-state index contributed by atoms with van der Waals surface area (Å²) in [6.07, 6.45) is 4.11. The van der Waals surface area contributed by atoms with Crippen molar-refractivity contribution < 1.29 is 14.3 Å². The van der Waals surface area contributed by atoms with E-state index in [9.17, 15) is 14.4 Å². The van der Waals surface area contributed by atoms with Gasteiger partial charge in [-0.15, -0.1) is 0 Å². The van der Waals surface area contributed by atoms with E-state index in [-0.39, 0.29) is 18.1 Å². The summed E-state index contributed by atoms with van der Waals surface area (Å²) in [6.45, 7) is 6.90. The van der Waals surface area contributed by atoms with E-state index in [0.29, 0.717) is 37.6 Å². The number of unbranched alkanes of at least 4 members (excludes halogenated alkanes) is 3. The normalized spacial score (nSPS) is 10.7. The Kier molecular flexibility index (Phi) is 9.84. The van der Waals surface area contributed by atoms with Crippen molar-refractivity contribution in [2.75, 3.05) is 30.4 Å². The molecule has 0 aliphatic heterocycles. The number of hydrogen-bond acceptors (Lipinski definition) is 6. The Balaban J connectivity index is 2.27. The first kappa shape index (κ1) is 25.0. The first-order chi connectivity index (χ1) is 15.4. The van der Waals surface area contributed by atoms with Gasteiger partial charge in [-0.2, -0.15) is 0 Å². The third-order valence-electron chi connectivity index (χ3n) is 5.00. The van der Waals surface area contributed by atoms with Crippen LogP contribution < -0.4 is 31.4 Å². The molecule has 1 aromatic heterocycles. The second kappa shape index (κ2) is 12.6. The minimum absolute atomic E-state index is 0.00174. The molecule has 2 aromatic rings. The molecule has 0 atom stereocenters. The number of amides is 1. The molecule has 1 aromatic carbocycles. The molecule has 0 saturated heterocycles. The first-order valence-corrected chi connectivity index (χ1v) is 11.2. The van der Waals surface area contributed by atoms with Gasteiger partial charge in [0.25, 0.3) is 11.5 Å². The maximum atomic E-state index is 13.1. The van der Waals surface area contributed by atoms with Crippen LogP contribution in [0.4, 0.5) is 11.5 Å². The number of anilines is 2. The molecule has 176 valence electrons. The van der Waals surface area contributed by atoms with Crippen molar-refractivity contribution in [1.29, 1.82) is 0 Å². The molecule has 0 radical (unpaired) electrons. The lowest BCUT2D eigenvalue weighted by Crippen LogP contribution is -2.43. The molecule has 1 amide bonds. The van der Waals surface area contributed by atoms with Crippen molar-refractivity contribution in [3.8, 4) is 11.5 Å². The Morgan fingerprint density at radius 2 is 1.62 bits per heavy atom. The predicted octanol–water partition coefficient (Wildman–Crippen LogP) is 2.92. The fourth-order valence-corrected chi connectivity index (χ4v) is 3.28. The number of benzene rings is 1. The third kappa shape index (κ3) is 6.63. The summed E-state index contributed by atoms with van der Waals surface area (Å²) >= 11 is 0. The lowest BCUT2D eigenvalue weighted by atomic mass is 10.2. The summed E-state index contributed by atoms with van der Waals surface area (Å²) in [7, 11) is 0. The van der Waals surface area contributed by atoms with Gasteiger partial charge in [-0.3, -0.25) is 19.1 Å². The number of rotatable bonds is 13. The van der Waals surface area contributed by atoms with Gasteiger partial charge in [-0.25, -0.2) is 4.79 Å². The molecule has 0 spiro atoms. The van der Waals surface area contributed by atoms with Gasteiger partial charge < -0.3 is 20.1 Å². The standard InChI is InChI=1S/C23H34N4O5/c1-4-7-9-15-26(19(28)16-32-18-12-10-17(11-13-18)31-6-3)20-21(24)27(14-8-5-2)23(30)25-22(20)29/h10-13H,4-9,14-16,24H2,1-3H3,(H,25,29,30). The van der Waals surface area contributed by atoms with Crippen molar-refractivity contribution in [2.24, 2.45) is 0 Å². The fourth-order valence-electron chi connectivity index (χ4n) is 3.28. The van der Waals surface area contributed by atoms with E-state index < -0.39 is 17.2 Å². The molecule has 0 aliphatic carbocycles. The summed E-state index contributed by atoms with van der Waals surface area (Å²) in [6, 6.07) is 6.95. The average Bonchev–Trinajstić information content (AvgIpc) is 2.77. The van der Waals surface area contributed by atoms with E-state index in [1.165, 1.54) is 9.47 Å². The Hall–Kier alpha value is -3.23. The molecule has 0 bridgehead atoms. The number of ether oxygens (including phenoxy) is 2. The molecule has 0 aliphatic rings. The van der Waals surface area contributed by atoms with E-state index in [2.05, 4.69) is 4.98 Å². The van der Waals surface area contributed by atoms with Gasteiger partial charge in [0.05, 0.1) is 6.61 Å². The van der Waals surface area contributed by atoms with Crippen LogP contribution in [-0.2, 0) is 11.3 Å². The number of carbonyl (C=O) groups is 1. The lowest BCUT2D eigenvalue weighted by molar-refractivity contribution is -0.120. The Morgan fingerprint density at radius 3 is 2.22 bits per heavy atom. The summed E-state index contributed by atoms with van der Waals surface area (Å²) in [5.74, 6) is 0.803. The highest BCUT2D eigenvalue weighted by molar-refractivity contribution is 5.96. The smallest absolute Gasteiger partial charge is 0.330 e. The summed E-state index contributed by atoms with van der Waals surface area (Å²) in [5.41, 5.74) is 4.97. The molecule has 1 heterocycles. The van der Waals surface area contributed by atoms with Crippen LogP contribution >= 0.6 is 0 Å². The van der Waals surface area contributed by atoms with Gasteiger partial charge >= 0.3 is 5.69 Å². The molecular formula is C23H34N4O5. The molecule has 9 nitrogen and oxygen atoms in total. The Labute approximate surface area is 188 Å². The van der Waals surface area contributed by atoms with Gasteiger partial charge in [0.1, 0.15) is 17.3 Å². The minimum Gasteiger partial charge on any atom is -0.494 e. The summed E-state index contributed by atoms with van der Waals surface area (Å²) in [5, 5.41) is 0. The zero-order chi connectivity index (χ0) is 23.5. The van der Waals surface area contributed by atoms with Gasteiger partial charge in [0, 0.05) is 13.1 Å². The van der Waals surface area contributed by atoms with Crippen molar-refractivity contribution >= 4 is 17.4 Å². The Morgan fingerprint density at radius 1 is 1.00 bits per heavy atom. The van der Waals surface area contributed by atoms with Crippen LogP contribution in [0.5, 0.6) is 11.5 Å². The molecule has 0 saturated carbocycles. The zero-order valence-corrected chi connectivity index (χ0v) is 19.2. The molecule has 3 N–H and O–H groups in total. The van der Waals surface area contributed by atoms with Crippen molar-refractivity contribution in [3.05, 3.63) is 45.1 Å². The topological polar surface area (TPSA) is 120 Å². The molecule has 32 heavy (non-hydrogen) atoms. The largest absolute Gasteiger partial charge is 0.494 e. The van der Waals surface area contributed by atoms with Gasteiger partial charge in [0.15, 0.2) is 12.3 Å². The maximum Gasteiger partial charge on any atom is 0.330 e. The maximum absolute atomic E-state index is 13.1. The predicted molar refractivity (Wildman–Crippen MR) is 126 cm³/mol. The second-order valence-corrected chi connectivity index (χ2v) is 7.44. The lowest BCUT2D eigenvalue weighted by Gasteiger charge is -2.24. The highest BCUT2D eigenvalue weighted by Crippen LogP contribution is 2.20. The van der Waals surface area contributed by atoms with Crippen LogP contribution in [0.3, 0.4) is 0 Å². The minimum atomic E-state index is -0.675. The number of nitrogen functional groups attached to an aromatic ring is 1. The van der Waals surface area contributed by atoms with E-state index in [0.717, 1.165) is 25.7 Å². The molecular weight excluding hydrogens is 412 g/mol. The van der Waals surface area contributed by atoms with Crippen LogP contribution in [0.2, 0.25) is 0 Å². The quantitative estimate of drug-likeness (QED) is 0.457.